The van der Waals surface area contributed by atoms with Crippen molar-refractivity contribution in [3.05, 3.63) is 0 Å². The first-order valence-corrected chi connectivity index (χ1v) is 8.21. The zero-order valence-electron chi connectivity index (χ0n) is 12.7. The van der Waals surface area contributed by atoms with Crippen LogP contribution in [0.3, 0.4) is 0 Å². The Balaban J connectivity index is 1.79. The van der Waals surface area contributed by atoms with Gasteiger partial charge in [-0.15, -0.1) is 0 Å². The molecule has 0 atom stereocenters. The van der Waals surface area contributed by atoms with Crippen molar-refractivity contribution in [2.45, 2.75) is 64.8 Å². The topological polar surface area (TPSA) is 23.6 Å². The maximum Gasteiger partial charge on any atom is 0.225 e. The van der Waals surface area contributed by atoms with Crippen molar-refractivity contribution in [3.8, 4) is 0 Å². The summed E-state index contributed by atoms with van der Waals surface area (Å²) in [6, 6.07) is 0.789. The third kappa shape index (κ3) is 4.20. The standard InChI is InChI=1S/C16H30N2O/c1-14(2)16(19)18-12-10-17(11-13-18)15-8-6-4-3-5-7-9-15/h14-15H,3-13H2,1-2H3. The maximum absolute atomic E-state index is 12.0. The largest absolute Gasteiger partial charge is 0.340 e. The Hall–Kier alpha value is -0.570. The Morgan fingerprint density at radius 1 is 0.895 bits per heavy atom. The van der Waals surface area contributed by atoms with E-state index in [-0.39, 0.29) is 5.92 Å². The fraction of sp³-hybridized carbons (Fsp3) is 0.938. The zero-order chi connectivity index (χ0) is 13.7. The van der Waals surface area contributed by atoms with Gasteiger partial charge in [0.15, 0.2) is 0 Å². The Labute approximate surface area is 118 Å². The summed E-state index contributed by atoms with van der Waals surface area (Å²) in [5.74, 6) is 0.477. The van der Waals surface area contributed by atoms with Gasteiger partial charge in [-0.3, -0.25) is 9.69 Å². The van der Waals surface area contributed by atoms with Crippen molar-refractivity contribution in [1.82, 2.24) is 9.80 Å². The predicted molar refractivity (Wildman–Crippen MR) is 79.1 cm³/mol. The molecule has 0 aromatic carbocycles. The van der Waals surface area contributed by atoms with Crippen LogP contribution in [0.15, 0.2) is 0 Å². The molecular weight excluding hydrogens is 236 g/mol. The van der Waals surface area contributed by atoms with E-state index in [1.54, 1.807) is 0 Å². The summed E-state index contributed by atoms with van der Waals surface area (Å²) in [5, 5.41) is 0. The molecule has 2 aliphatic rings. The second-order valence-corrected chi connectivity index (χ2v) is 6.51. The minimum atomic E-state index is 0.146. The van der Waals surface area contributed by atoms with Crippen LogP contribution in [0, 0.1) is 5.92 Å². The summed E-state index contributed by atoms with van der Waals surface area (Å²) in [4.78, 5) is 16.7. The molecule has 1 aliphatic carbocycles. The van der Waals surface area contributed by atoms with Crippen molar-refractivity contribution < 1.29 is 4.79 Å². The molecule has 0 radical (unpaired) electrons. The molecule has 0 spiro atoms. The summed E-state index contributed by atoms with van der Waals surface area (Å²) >= 11 is 0. The molecule has 0 aromatic rings. The van der Waals surface area contributed by atoms with Crippen LogP contribution in [0.2, 0.25) is 0 Å². The van der Waals surface area contributed by atoms with E-state index in [0.717, 1.165) is 32.2 Å². The number of nitrogens with zero attached hydrogens (tertiary/aromatic N) is 2. The lowest BCUT2D eigenvalue weighted by Crippen LogP contribution is -2.52. The molecule has 3 heteroatoms. The summed E-state index contributed by atoms with van der Waals surface area (Å²) in [6.07, 6.45) is 9.82. The molecule has 0 N–H and O–H groups in total. The Morgan fingerprint density at radius 3 is 1.95 bits per heavy atom. The molecule has 0 unspecified atom stereocenters. The molecule has 1 saturated heterocycles. The molecule has 1 saturated carbocycles. The highest BCUT2D eigenvalue weighted by Crippen LogP contribution is 2.22. The molecule has 1 aliphatic heterocycles. The fourth-order valence-electron chi connectivity index (χ4n) is 3.47. The van der Waals surface area contributed by atoms with Gasteiger partial charge in [0.05, 0.1) is 0 Å². The summed E-state index contributed by atoms with van der Waals surface area (Å²) in [7, 11) is 0. The van der Waals surface area contributed by atoms with Crippen molar-refractivity contribution in [3.63, 3.8) is 0 Å². The Kier molecular flexibility index (Phi) is 5.68. The molecular formula is C16H30N2O. The van der Waals surface area contributed by atoms with Crippen LogP contribution < -0.4 is 0 Å². The minimum absolute atomic E-state index is 0.146. The number of carbonyl (C=O) groups is 1. The normalized spacial score (nSPS) is 24.3. The monoisotopic (exact) mass is 266 g/mol. The molecule has 3 nitrogen and oxygen atoms in total. The van der Waals surface area contributed by atoms with Crippen LogP contribution in [0.5, 0.6) is 0 Å². The van der Waals surface area contributed by atoms with Crippen LogP contribution in [0.1, 0.15) is 58.8 Å². The van der Waals surface area contributed by atoms with Crippen molar-refractivity contribution in [2.75, 3.05) is 26.2 Å². The van der Waals surface area contributed by atoms with E-state index in [4.69, 9.17) is 0 Å². The van der Waals surface area contributed by atoms with Gasteiger partial charge in [0.25, 0.3) is 0 Å². The lowest BCUT2D eigenvalue weighted by atomic mass is 9.95. The summed E-state index contributed by atoms with van der Waals surface area (Å²) in [5.41, 5.74) is 0. The van der Waals surface area contributed by atoms with Crippen LogP contribution in [0.4, 0.5) is 0 Å². The Morgan fingerprint density at radius 2 is 1.42 bits per heavy atom. The molecule has 2 rings (SSSR count). The molecule has 1 heterocycles. The number of amides is 1. The first kappa shape index (κ1) is 14.8. The zero-order valence-corrected chi connectivity index (χ0v) is 12.7. The van der Waals surface area contributed by atoms with Crippen LogP contribution in [-0.2, 0) is 4.79 Å². The van der Waals surface area contributed by atoms with Crippen molar-refractivity contribution >= 4 is 5.91 Å². The smallest absolute Gasteiger partial charge is 0.225 e. The van der Waals surface area contributed by atoms with E-state index >= 15 is 0 Å². The maximum atomic E-state index is 12.0. The van der Waals surface area contributed by atoms with E-state index in [2.05, 4.69) is 9.80 Å². The third-order valence-corrected chi connectivity index (χ3v) is 4.71. The molecule has 2 fully saturated rings. The third-order valence-electron chi connectivity index (χ3n) is 4.71. The van der Waals surface area contributed by atoms with Gasteiger partial charge in [-0.25, -0.2) is 0 Å². The van der Waals surface area contributed by atoms with E-state index < -0.39 is 0 Å². The van der Waals surface area contributed by atoms with Gasteiger partial charge < -0.3 is 4.90 Å². The molecule has 0 aromatic heterocycles. The molecule has 19 heavy (non-hydrogen) atoms. The molecule has 1 amide bonds. The van der Waals surface area contributed by atoms with E-state index in [1.807, 2.05) is 13.8 Å². The van der Waals surface area contributed by atoms with Crippen LogP contribution in [-0.4, -0.2) is 47.9 Å². The van der Waals surface area contributed by atoms with E-state index in [9.17, 15) is 4.79 Å². The number of hydrogen-bond acceptors (Lipinski definition) is 2. The van der Waals surface area contributed by atoms with Crippen molar-refractivity contribution in [2.24, 2.45) is 5.92 Å². The van der Waals surface area contributed by atoms with Crippen LogP contribution in [0.25, 0.3) is 0 Å². The minimum Gasteiger partial charge on any atom is -0.340 e. The number of rotatable bonds is 2. The van der Waals surface area contributed by atoms with Gasteiger partial charge in [0, 0.05) is 38.1 Å². The lowest BCUT2D eigenvalue weighted by molar-refractivity contribution is -0.136. The lowest BCUT2D eigenvalue weighted by Gasteiger charge is -2.40. The average molecular weight is 266 g/mol. The van der Waals surface area contributed by atoms with Gasteiger partial charge >= 0.3 is 0 Å². The summed E-state index contributed by atoms with van der Waals surface area (Å²) < 4.78 is 0. The first-order valence-electron chi connectivity index (χ1n) is 8.21. The Bertz CT molecular complexity index is 274. The van der Waals surface area contributed by atoms with Crippen molar-refractivity contribution in [1.29, 1.82) is 0 Å². The molecule has 0 bridgehead atoms. The quantitative estimate of drug-likeness (QED) is 0.767. The first-order chi connectivity index (χ1) is 9.18. The number of hydrogen-bond donors (Lipinski definition) is 0. The van der Waals surface area contributed by atoms with E-state index in [1.165, 1.54) is 44.9 Å². The SMILES string of the molecule is CC(C)C(=O)N1CCN(C2CCCCCCC2)CC1. The second-order valence-electron chi connectivity index (χ2n) is 6.51. The highest BCUT2D eigenvalue weighted by atomic mass is 16.2. The van der Waals surface area contributed by atoms with Crippen LogP contribution >= 0.6 is 0 Å². The highest BCUT2D eigenvalue weighted by molar-refractivity contribution is 5.78. The number of piperazine rings is 1. The average Bonchev–Trinajstić information content (AvgIpc) is 2.38. The highest BCUT2D eigenvalue weighted by Gasteiger charge is 2.26. The van der Waals surface area contributed by atoms with E-state index in [0.29, 0.717) is 5.91 Å². The van der Waals surface area contributed by atoms with Gasteiger partial charge in [-0.1, -0.05) is 46.0 Å². The van der Waals surface area contributed by atoms with Gasteiger partial charge in [-0.05, 0) is 12.8 Å². The fourth-order valence-corrected chi connectivity index (χ4v) is 3.47. The molecule has 110 valence electrons. The predicted octanol–water partition coefficient (Wildman–Crippen LogP) is 2.90. The van der Waals surface area contributed by atoms with Gasteiger partial charge in [0.1, 0.15) is 0 Å². The van der Waals surface area contributed by atoms with Gasteiger partial charge in [-0.2, -0.15) is 0 Å². The summed E-state index contributed by atoms with van der Waals surface area (Å²) in [6.45, 7) is 8.06. The second kappa shape index (κ2) is 7.28. The number of carbonyl (C=O) groups excluding carboxylic acids is 1. The van der Waals surface area contributed by atoms with Gasteiger partial charge in [0.2, 0.25) is 5.91 Å².